The van der Waals surface area contributed by atoms with Crippen molar-refractivity contribution >= 4 is 34.6 Å². The summed E-state index contributed by atoms with van der Waals surface area (Å²) in [4.78, 5) is 43.0. The third-order valence-corrected chi connectivity index (χ3v) is 5.97. The summed E-state index contributed by atoms with van der Waals surface area (Å²) in [5.74, 6) is 0.0470. The lowest BCUT2D eigenvalue weighted by Gasteiger charge is -2.23. The van der Waals surface area contributed by atoms with Crippen LogP contribution in [0.15, 0.2) is 48.5 Å². The molecule has 0 unspecified atom stereocenters. The number of para-hydroxylation sites is 2. The van der Waals surface area contributed by atoms with Crippen LogP contribution in [0.25, 0.3) is 22.4 Å². The number of nitrogens with one attached hydrogen (secondary N) is 2. The Labute approximate surface area is 180 Å². The number of carbonyl (C=O) groups is 3. The summed E-state index contributed by atoms with van der Waals surface area (Å²) in [5, 5.41) is 5.48. The van der Waals surface area contributed by atoms with E-state index in [2.05, 4.69) is 15.6 Å². The molecule has 1 saturated heterocycles. The van der Waals surface area contributed by atoms with Gasteiger partial charge in [-0.15, -0.1) is 0 Å². The number of urea groups is 1. The number of aryl methyl sites for hydroxylation is 1. The summed E-state index contributed by atoms with van der Waals surface area (Å²) in [6.45, 7) is 3.37. The van der Waals surface area contributed by atoms with Crippen molar-refractivity contribution in [3.8, 4) is 11.4 Å². The van der Waals surface area contributed by atoms with Crippen LogP contribution in [0.2, 0.25) is 0 Å². The molecule has 0 radical (unpaired) electrons. The number of rotatable bonds is 6. The van der Waals surface area contributed by atoms with Gasteiger partial charge in [-0.3, -0.25) is 14.5 Å². The summed E-state index contributed by atoms with van der Waals surface area (Å²) in [5.41, 5.74) is 2.54. The molecule has 0 bridgehead atoms. The molecule has 1 aliphatic heterocycles. The third-order valence-electron chi connectivity index (χ3n) is 5.97. The molecule has 4 rings (SSSR count). The van der Waals surface area contributed by atoms with Crippen molar-refractivity contribution in [2.24, 2.45) is 7.05 Å². The molecule has 0 spiro atoms. The molecule has 0 aliphatic carbocycles. The Morgan fingerprint density at radius 3 is 2.35 bits per heavy atom. The van der Waals surface area contributed by atoms with Crippen molar-refractivity contribution in [3.05, 3.63) is 48.5 Å². The normalized spacial score (nSPS) is 15.4. The number of aromatic nitrogens is 2. The SMILES string of the molecule is CCC1(CC)NC(=O)N(CC(=O)Nc2ccc(-c3nc4ccccc4n3C)cc2)C1=O. The van der Waals surface area contributed by atoms with Crippen molar-refractivity contribution < 1.29 is 14.4 Å². The zero-order chi connectivity index (χ0) is 22.2. The first-order valence-corrected chi connectivity index (χ1v) is 10.3. The molecule has 3 aromatic rings. The highest BCUT2D eigenvalue weighted by Gasteiger charge is 2.49. The van der Waals surface area contributed by atoms with Gasteiger partial charge in [0.1, 0.15) is 17.9 Å². The van der Waals surface area contributed by atoms with Crippen molar-refractivity contribution in [1.82, 2.24) is 19.8 Å². The van der Waals surface area contributed by atoms with Gasteiger partial charge in [-0.2, -0.15) is 0 Å². The predicted molar refractivity (Wildman–Crippen MR) is 118 cm³/mol. The molecular weight excluding hydrogens is 394 g/mol. The molecule has 1 fully saturated rings. The van der Waals surface area contributed by atoms with Crippen molar-refractivity contribution in [2.75, 3.05) is 11.9 Å². The van der Waals surface area contributed by atoms with Gasteiger partial charge < -0.3 is 15.2 Å². The van der Waals surface area contributed by atoms with Gasteiger partial charge in [0.05, 0.1) is 11.0 Å². The van der Waals surface area contributed by atoms with E-state index in [1.54, 1.807) is 12.1 Å². The van der Waals surface area contributed by atoms with Crippen LogP contribution >= 0.6 is 0 Å². The molecule has 0 saturated carbocycles. The third kappa shape index (κ3) is 3.54. The van der Waals surface area contributed by atoms with Gasteiger partial charge in [0.15, 0.2) is 0 Å². The van der Waals surface area contributed by atoms with Crippen LogP contribution in [-0.4, -0.2) is 44.4 Å². The number of hydrogen-bond acceptors (Lipinski definition) is 4. The van der Waals surface area contributed by atoms with Gasteiger partial charge in [0, 0.05) is 18.3 Å². The van der Waals surface area contributed by atoms with E-state index in [4.69, 9.17) is 0 Å². The van der Waals surface area contributed by atoms with Crippen molar-refractivity contribution in [1.29, 1.82) is 0 Å². The fourth-order valence-corrected chi connectivity index (χ4v) is 4.00. The second-order valence-electron chi connectivity index (χ2n) is 7.72. The number of benzene rings is 2. The van der Waals surface area contributed by atoms with Gasteiger partial charge in [-0.05, 0) is 49.2 Å². The van der Waals surface area contributed by atoms with E-state index in [-0.39, 0.29) is 12.5 Å². The van der Waals surface area contributed by atoms with Crippen molar-refractivity contribution in [3.63, 3.8) is 0 Å². The Hall–Kier alpha value is -3.68. The zero-order valence-electron chi connectivity index (χ0n) is 17.8. The van der Waals surface area contributed by atoms with E-state index in [1.807, 2.05) is 61.9 Å². The first-order chi connectivity index (χ1) is 14.9. The van der Waals surface area contributed by atoms with Gasteiger partial charge in [-0.1, -0.05) is 26.0 Å². The maximum Gasteiger partial charge on any atom is 0.325 e. The topological polar surface area (TPSA) is 96.3 Å². The lowest BCUT2D eigenvalue weighted by Crippen LogP contribution is -2.46. The summed E-state index contributed by atoms with van der Waals surface area (Å²) in [6, 6.07) is 14.7. The van der Waals surface area contributed by atoms with E-state index in [1.165, 1.54) is 0 Å². The lowest BCUT2D eigenvalue weighted by atomic mass is 9.93. The number of hydrogen-bond donors (Lipinski definition) is 2. The van der Waals surface area contributed by atoms with Crippen LogP contribution in [0.5, 0.6) is 0 Å². The maximum atomic E-state index is 12.6. The number of nitrogens with zero attached hydrogens (tertiary/aromatic N) is 3. The largest absolute Gasteiger partial charge is 0.327 e. The van der Waals surface area contributed by atoms with Crippen molar-refractivity contribution in [2.45, 2.75) is 32.2 Å². The quantitative estimate of drug-likeness (QED) is 0.599. The molecule has 2 N–H and O–H groups in total. The van der Waals surface area contributed by atoms with E-state index >= 15 is 0 Å². The molecule has 1 aromatic heterocycles. The molecule has 8 heteroatoms. The number of imide groups is 1. The highest BCUT2D eigenvalue weighted by atomic mass is 16.2. The summed E-state index contributed by atoms with van der Waals surface area (Å²) in [7, 11) is 1.96. The molecule has 2 aromatic carbocycles. The Balaban J connectivity index is 1.46. The fraction of sp³-hybridized carbons (Fsp3) is 0.304. The van der Waals surface area contributed by atoms with E-state index in [9.17, 15) is 14.4 Å². The minimum Gasteiger partial charge on any atom is -0.327 e. The number of amides is 4. The predicted octanol–water partition coefficient (Wildman–Crippen LogP) is 3.29. The number of anilines is 1. The number of imidazole rings is 1. The average Bonchev–Trinajstić information content (AvgIpc) is 3.24. The van der Waals surface area contributed by atoms with E-state index in [0.717, 1.165) is 27.3 Å². The Morgan fingerprint density at radius 2 is 1.74 bits per heavy atom. The maximum absolute atomic E-state index is 12.6. The molecule has 31 heavy (non-hydrogen) atoms. The van der Waals surface area contributed by atoms with E-state index in [0.29, 0.717) is 18.5 Å². The first kappa shape index (κ1) is 20.6. The molecule has 2 heterocycles. The standard InChI is InChI=1S/C23H25N5O3/c1-4-23(5-2)21(30)28(22(31)26-23)14-19(29)24-16-12-10-15(11-13-16)20-25-17-8-6-7-9-18(17)27(20)3/h6-13H,4-5,14H2,1-3H3,(H,24,29)(H,26,31). The van der Waals surface area contributed by atoms with Crippen LogP contribution in [0.4, 0.5) is 10.5 Å². The number of fused-ring (bicyclic) bond motifs is 1. The van der Waals surface area contributed by atoms with Gasteiger partial charge >= 0.3 is 6.03 Å². The van der Waals surface area contributed by atoms with Gasteiger partial charge in [0.25, 0.3) is 5.91 Å². The van der Waals surface area contributed by atoms with Crippen LogP contribution in [0.1, 0.15) is 26.7 Å². The minimum atomic E-state index is -0.912. The highest BCUT2D eigenvalue weighted by Crippen LogP contribution is 2.26. The van der Waals surface area contributed by atoms with Crippen LogP contribution in [0.3, 0.4) is 0 Å². The van der Waals surface area contributed by atoms with Crippen LogP contribution < -0.4 is 10.6 Å². The van der Waals surface area contributed by atoms with Crippen LogP contribution in [-0.2, 0) is 16.6 Å². The molecule has 0 atom stereocenters. The Bertz CT molecular complexity index is 1160. The molecule has 1 aliphatic rings. The lowest BCUT2D eigenvalue weighted by molar-refractivity contribution is -0.134. The molecule has 8 nitrogen and oxygen atoms in total. The Kier molecular flexibility index (Phi) is 5.22. The monoisotopic (exact) mass is 419 g/mol. The van der Waals surface area contributed by atoms with E-state index < -0.39 is 17.5 Å². The zero-order valence-corrected chi connectivity index (χ0v) is 17.8. The van der Waals surface area contributed by atoms with Gasteiger partial charge in [0.2, 0.25) is 5.91 Å². The highest BCUT2D eigenvalue weighted by molar-refractivity contribution is 6.10. The smallest absolute Gasteiger partial charge is 0.325 e. The fourth-order valence-electron chi connectivity index (χ4n) is 4.00. The van der Waals surface area contributed by atoms with Gasteiger partial charge in [-0.25, -0.2) is 9.78 Å². The molecule has 4 amide bonds. The minimum absolute atomic E-state index is 0.321. The second-order valence-corrected chi connectivity index (χ2v) is 7.72. The summed E-state index contributed by atoms with van der Waals surface area (Å²) in [6.07, 6.45) is 0.964. The van der Waals surface area contributed by atoms with Crippen LogP contribution in [0, 0.1) is 0 Å². The second kappa shape index (κ2) is 7.86. The molecule has 160 valence electrons. The first-order valence-electron chi connectivity index (χ1n) is 10.3. The summed E-state index contributed by atoms with van der Waals surface area (Å²) >= 11 is 0. The summed E-state index contributed by atoms with van der Waals surface area (Å²) < 4.78 is 2.02. The number of carbonyl (C=O) groups excluding carboxylic acids is 3. The Morgan fingerprint density at radius 1 is 1.06 bits per heavy atom. The molecular formula is C23H25N5O3. The average molecular weight is 419 g/mol.